The molecule has 0 aromatic heterocycles. The standard InChI is InChI=1S/C18H21N/c1-13-3-4-14(2)18(11-13)16-7-5-15(6-8-16)17-9-10-19-12-17/h3-8,11,17,19H,9-10,12H2,1-2H3. The maximum atomic E-state index is 3.43. The third-order valence-corrected chi connectivity index (χ3v) is 4.15. The highest BCUT2D eigenvalue weighted by Crippen LogP contribution is 2.28. The van der Waals surface area contributed by atoms with Crippen molar-refractivity contribution in [3.63, 3.8) is 0 Å². The largest absolute Gasteiger partial charge is 0.316 e. The summed E-state index contributed by atoms with van der Waals surface area (Å²) >= 11 is 0. The summed E-state index contributed by atoms with van der Waals surface area (Å²) in [6, 6.07) is 15.8. The third kappa shape index (κ3) is 2.57. The Hall–Kier alpha value is -1.60. The van der Waals surface area contributed by atoms with Crippen molar-refractivity contribution in [1.82, 2.24) is 5.32 Å². The zero-order valence-corrected chi connectivity index (χ0v) is 11.7. The van der Waals surface area contributed by atoms with Crippen molar-refractivity contribution >= 4 is 0 Å². The minimum absolute atomic E-state index is 0.702. The van der Waals surface area contributed by atoms with Crippen LogP contribution in [0.1, 0.15) is 29.0 Å². The second-order valence-corrected chi connectivity index (χ2v) is 5.63. The number of rotatable bonds is 2. The van der Waals surface area contributed by atoms with Crippen LogP contribution in [0.15, 0.2) is 42.5 Å². The molecule has 0 spiro atoms. The molecule has 1 saturated heterocycles. The van der Waals surface area contributed by atoms with Crippen LogP contribution in [0.2, 0.25) is 0 Å². The molecule has 1 fully saturated rings. The normalized spacial score (nSPS) is 18.7. The molecule has 1 aliphatic heterocycles. The van der Waals surface area contributed by atoms with Crippen LogP contribution in [-0.2, 0) is 0 Å². The van der Waals surface area contributed by atoms with E-state index < -0.39 is 0 Å². The summed E-state index contributed by atoms with van der Waals surface area (Å²) in [6.45, 7) is 6.62. The Bertz CT molecular complexity index is 563. The second-order valence-electron chi connectivity index (χ2n) is 5.63. The van der Waals surface area contributed by atoms with Gasteiger partial charge in [-0.3, -0.25) is 0 Å². The lowest BCUT2D eigenvalue weighted by Gasteiger charge is -2.11. The summed E-state index contributed by atoms with van der Waals surface area (Å²) in [4.78, 5) is 0. The zero-order chi connectivity index (χ0) is 13.2. The number of nitrogens with one attached hydrogen (secondary N) is 1. The van der Waals surface area contributed by atoms with Crippen LogP contribution in [0.3, 0.4) is 0 Å². The highest BCUT2D eigenvalue weighted by molar-refractivity contribution is 5.68. The molecule has 1 heterocycles. The maximum absolute atomic E-state index is 3.43. The van der Waals surface area contributed by atoms with E-state index in [2.05, 4.69) is 61.6 Å². The molecule has 19 heavy (non-hydrogen) atoms. The molecule has 1 N–H and O–H groups in total. The summed E-state index contributed by atoms with van der Waals surface area (Å²) in [5.41, 5.74) is 6.83. The first kappa shape index (κ1) is 12.4. The monoisotopic (exact) mass is 251 g/mol. The second kappa shape index (κ2) is 5.18. The quantitative estimate of drug-likeness (QED) is 0.849. The van der Waals surface area contributed by atoms with Gasteiger partial charge in [0, 0.05) is 6.54 Å². The minimum Gasteiger partial charge on any atom is -0.316 e. The minimum atomic E-state index is 0.702. The maximum Gasteiger partial charge on any atom is 0.00206 e. The van der Waals surface area contributed by atoms with Crippen LogP contribution in [0.25, 0.3) is 11.1 Å². The topological polar surface area (TPSA) is 12.0 Å². The van der Waals surface area contributed by atoms with E-state index in [-0.39, 0.29) is 0 Å². The fourth-order valence-electron chi connectivity index (χ4n) is 2.92. The molecule has 3 rings (SSSR count). The first-order chi connectivity index (χ1) is 9.24. The van der Waals surface area contributed by atoms with Gasteiger partial charge in [-0.1, -0.05) is 48.0 Å². The van der Waals surface area contributed by atoms with Crippen LogP contribution >= 0.6 is 0 Å². The van der Waals surface area contributed by atoms with Gasteiger partial charge in [0.05, 0.1) is 0 Å². The van der Waals surface area contributed by atoms with Crippen LogP contribution < -0.4 is 5.32 Å². The molecular formula is C18H21N. The summed E-state index contributed by atoms with van der Waals surface area (Å²) in [5, 5.41) is 3.43. The number of benzene rings is 2. The fourth-order valence-corrected chi connectivity index (χ4v) is 2.92. The van der Waals surface area contributed by atoms with E-state index in [1.165, 1.54) is 34.2 Å². The van der Waals surface area contributed by atoms with Gasteiger partial charge in [-0.15, -0.1) is 0 Å². The van der Waals surface area contributed by atoms with E-state index in [1.54, 1.807) is 0 Å². The van der Waals surface area contributed by atoms with Gasteiger partial charge < -0.3 is 5.32 Å². The Morgan fingerprint density at radius 2 is 1.79 bits per heavy atom. The molecule has 1 atom stereocenters. The number of aryl methyl sites for hydroxylation is 2. The van der Waals surface area contributed by atoms with Crippen LogP contribution in [-0.4, -0.2) is 13.1 Å². The van der Waals surface area contributed by atoms with E-state index in [1.807, 2.05) is 0 Å². The van der Waals surface area contributed by atoms with Crippen molar-refractivity contribution in [2.45, 2.75) is 26.2 Å². The lowest BCUT2D eigenvalue weighted by Crippen LogP contribution is -2.07. The first-order valence-corrected chi connectivity index (χ1v) is 7.12. The van der Waals surface area contributed by atoms with E-state index in [0.717, 1.165) is 13.1 Å². The predicted octanol–water partition coefficient (Wildman–Crippen LogP) is 4.05. The highest BCUT2D eigenvalue weighted by Gasteiger charge is 2.16. The van der Waals surface area contributed by atoms with E-state index in [4.69, 9.17) is 0 Å². The van der Waals surface area contributed by atoms with Crippen molar-refractivity contribution in [1.29, 1.82) is 0 Å². The molecule has 2 aromatic rings. The average molecular weight is 251 g/mol. The molecule has 0 aliphatic carbocycles. The van der Waals surface area contributed by atoms with Crippen molar-refractivity contribution in [2.24, 2.45) is 0 Å². The van der Waals surface area contributed by atoms with Gasteiger partial charge in [-0.05, 0) is 55.0 Å². The third-order valence-electron chi connectivity index (χ3n) is 4.15. The Kier molecular flexibility index (Phi) is 3.39. The molecule has 0 saturated carbocycles. The van der Waals surface area contributed by atoms with E-state index in [9.17, 15) is 0 Å². The Morgan fingerprint density at radius 3 is 2.47 bits per heavy atom. The average Bonchev–Trinajstić information content (AvgIpc) is 2.96. The van der Waals surface area contributed by atoms with Gasteiger partial charge in [-0.2, -0.15) is 0 Å². The molecule has 0 radical (unpaired) electrons. The summed E-state index contributed by atoms with van der Waals surface area (Å²) in [6.07, 6.45) is 1.27. The molecule has 98 valence electrons. The van der Waals surface area contributed by atoms with Gasteiger partial charge in [-0.25, -0.2) is 0 Å². The number of hydrogen-bond acceptors (Lipinski definition) is 1. The van der Waals surface area contributed by atoms with Crippen molar-refractivity contribution in [2.75, 3.05) is 13.1 Å². The van der Waals surface area contributed by atoms with Gasteiger partial charge in [0.1, 0.15) is 0 Å². The molecule has 1 aliphatic rings. The SMILES string of the molecule is Cc1ccc(C)c(-c2ccc(C3CCNC3)cc2)c1. The van der Waals surface area contributed by atoms with E-state index >= 15 is 0 Å². The van der Waals surface area contributed by atoms with E-state index in [0.29, 0.717) is 5.92 Å². The zero-order valence-electron chi connectivity index (χ0n) is 11.7. The smallest absolute Gasteiger partial charge is 0.00206 e. The van der Waals surface area contributed by atoms with Crippen molar-refractivity contribution in [3.05, 3.63) is 59.2 Å². The van der Waals surface area contributed by atoms with Crippen molar-refractivity contribution < 1.29 is 0 Å². The first-order valence-electron chi connectivity index (χ1n) is 7.12. The fraction of sp³-hybridized carbons (Fsp3) is 0.333. The molecule has 1 heteroatoms. The lowest BCUT2D eigenvalue weighted by molar-refractivity contribution is 0.763. The highest BCUT2D eigenvalue weighted by atomic mass is 14.9. The Balaban J connectivity index is 1.91. The van der Waals surface area contributed by atoms with Gasteiger partial charge in [0.2, 0.25) is 0 Å². The van der Waals surface area contributed by atoms with Gasteiger partial charge in [0.15, 0.2) is 0 Å². The molecular weight excluding hydrogens is 230 g/mol. The molecule has 2 aromatic carbocycles. The summed E-state index contributed by atoms with van der Waals surface area (Å²) < 4.78 is 0. The summed E-state index contributed by atoms with van der Waals surface area (Å²) in [5.74, 6) is 0.702. The van der Waals surface area contributed by atoms with Crippen LogP contribution in [0.5, 0.6) is 0 Å². The molecule has 1 nitrogen and oxygen atoms in total. The molecule has 0 bridgehead atoms. The van der Waals surface area contributed by atoms with Gasteiger partial charge in [0.25, 0.3) is 0 Å². The number of hydrogen-bond donors (Lipinski definition) is 1. The Labute approximate surface area is 115 Å². The predicted molar refractivity (Wildman–Crippen MR) is 81.6 cm³/mol. The Morgan fingerprint density at radius 1 is 1.00 bits per heavy atom. The van der Waals surface area contributed by atoms with Crippen LogP contribution in [0.4, 0.5) is 0 Å². The summed E-state index contributed by atoms with van der Waals surface area (Å²) in [7, 11) is 0. The lowest BCUT2D eigenvalue weighted by atomic mass is 9.94. The molecule has 1 unspecified atom stereocenters. The van der Waals surface area contributed by atoms with Gasteiger partial charge >= 0.3 is 0 Å². The van der Waals surface area contributed by atoms with Crippen LogP contribution in [0, 0.1) is 13.8 Å². The van der Waals surface area contributed by atoms with Crippen molar-refractivity contribution in [3.8, 4) is 11.1 Å². The molecule has 0 amide bonds.